The third-order valence-electron chi connectivity index (χ3n) is 4.61. The summed E-state index contributed by atoms with van der Waals surface area (Å²) < 4.78 is 13.1. The molecular formula is C23H23N5O3. The van der Waals surface area contributed by atoms with Gasteiger partial charge in [-0.2, -0.15) is 5.10 Å². The highest BCUT2D eigenvalue weighted by molar-refractivity contribution is 5.90. The molecule has 0 aliphatic rings. The number of anilines is 1. The zero-order valence-corrected chi connectivity index (χ0v) is 17.4. The number of hydrogen-bond donors (Lipinski definition) is 1. The van der Waals surface area contributed by atoms with Crippen LogP contribution in [0, 0.1) is 6.92 Å². The Kier molecular flexibility index (Phi) is 6.07. The predicted molar refractivity (Wildman–Crippen MR) is 115 cm³/mol. The van der Waals surface area contributed by atoms with Gasteiger partial charge in [-0.1, -0.05) is 30.3 Å². The number of benzene rings is 2. The van der Waals surface area contributed by atoms with Crippen LogP contribution < -0.4 is 10.1 Å². The molecule has 1 amide bonds. The number of carbonyl (C=O) groups excluding carboxylic acids is 1. The highest BCUT2D eigenvalue weighted by Crippen LogP contribution is 2.19. The molecule has 0 atom stereocenters. The molecule has 4 aromatic rings. The van der Waals surface area contributed by atoms with Crippen molar-refractivity contribution in [1.29, 1.82) is 0 Å². The van der Waals surface area contributed by atoms with E-state index < -0.39 is 0 Å². The molecule has 0 aliphatic carbocycles. The summed E-state index contributed by atoms with van der Waals surface area (Å²) in [4.78, 5) is 12.4. The van der Waals surface area contributed by atoms with Crippen LogP contribution in [0.4, 0.5) is 5.69 Å². The molecule has 0 saturated heterocycles. The van der Waals surface area contributed by atoms with Crippen LogP contribution in [0.15, 0.2) is 65.1 Å². The van der Waals surface area contributed by atoms with Crippen LogP contribution in [-0.2, 0) is 24.9 Å². The van der Waals surface area contributed by atoms with Crippen LogP contribution in [0.3, 0.4) is 0 Å². The van der Waals surface area contributed by atoms with Gasteiger partial charge in [0.1, 0.15) is 18.1 Å². The Hall–Kier alpha value is -3.94. The number of nitrogens with one attached hydrogen (secondary N) is 1. The van der Waals surface area contributed by atoms with E-state index in [2.05, 4.69) is 20.6 Å². The van der Waals surface area contributed by atoms with Crippen LogP contribution in [0.2, 0.25) is 0 Å². The molecule has 2 aromatic heterocycles. The molecule has 31 heavy (non-hydrogen) atoms. The minimum absolute atomic E-state index is 0.128. The minimum Gasteiger partial charge on any atom is -0.489 e. The number of carbonyl (C=O) groups is 1. The lowest BCUT2D eigenvalue weighted by Gasteiger charge is -2.09. The van der Waals surface area contributed by atoms with Crippen LogP contribution in [0.25, 0.3) is 11.6 Å². The van der Waals surface area contributed by atoms with Gasteiger partial charge in [0, 0.05) is 25.6 Å². The normalized spacial score (nSPS) is 10.8. The zero-order valence-electron chi connectivity index (χ0n) is 17.4. The lowest BCUT2D eigenvalue weighted by Crippen LogP contribution is -2.12. The number of aryl methyl sites for hydroxylation is 3. The third-order valence-corrected chi connectivity index (χ3v) is 4.61. The second-order valence-corrected chi connectivity index (χ2v) is 7.15. The highest BCUT2D eigenvalue weighted by atomic mass is 16.5. The van der Waals surface area contributed by atoms with Crippen molar-refractivity contribution in [2.45, 2.75) is 26.4 Å². The summed E-state index contributed by atoms with van der Waals surface area (Å²) in [6.07, 6.45) is 0.587. The van der Waals surface area contributed by atoms with E-state index in [1.54, 1.807) is 4.68 Å². The van der Waals surface area contributed by atoms with Crippen molar-refractivity contribution in [3.63, 3.8) is 0 Å². The van der Waals surface area contributed by atoms with Crippen molar-refractivity contribution in [1.82, 2.24) is 20.0 Å². The molecule has 0 radical (unpaired) electrons. The Morgan fingerprint density at radius 3 is 2.71 bits per heavy atom. The van der Waals surface area contributed by atoms with Gasteiger partial charge in [0.05, 0.1) is 5.69 Å². The number of aromatic nitrogens is 4. The molecule has 158 valence electrons. The van der Waals surface area contributed by atoms with Gasteiger partial charge in [-0.05, 0) is 42.8 Å². The maximum absolute atomic E-state index is 12.4. The fraction of sp³-hybridized carbons (Fsp3) is 0.217. The SMILES string of the molecule is Cc1cc(-c2nnc(CCC(=O)Nc3cccc(COc4ccccc4)c3)o2)n(C)n1. The Bertz CT molecular complexity index is 1170. The van der Waals surface area contributed by atoms with E-state index in [0.717, 1.165) is 28.4 Å². The van der Waals surface area contributed by atoms with Gasteiger partial charge in [-0.15, -0.1) is 10.2 Å². The summed E-state index contributed by atoms with van der Waals surface area (Å²) in [5.41, 5.74) is 3.30. The van der Waals surface area contributed by atoms with Gasteiger partial charge in [0.15, 0.2) is 0 Å². The van der Waals surface area contributed by atoms with E-state index in [1.165, 1.54) is 0 Å². The van der Waals surface area contributed by atoms with Gasteiger partial charge >= 0.3 is 0 Å². The van der Waals surface area contributed by atoms with Crippen LogP contribution in [0.5, 0.6) is 5.75 Å². The molecule has 0 aliphatic heterocycles. The fourth-order valence-electron chi connectivity index (χ4n) is 3.14. The number of amides is 1. The molecule has 0 spiro atoms. The molecule has 1 N–H and O–H groups in total. The lowest BCUT2D eigenvalue weighted by molar-refractivity contribution is -0.116. The first kappa shape index (κ1) is 20.3. The summed E-state index contributed by atoms with van der Waals surface area (Å²) in [5, 5.41) is 15.3. The predicted octanol–water partition coefficient (Wildman–Crippen LogP) is 3.93. The summed E-state index contributed by atoms with van der Waals surface area (Å²) in [6.45, 7) is 2.32. The lowest BCUT2D eigenvalue weighted by atomic mass is 10.2. The average molecular weight is 417 g/mol. The number of hydrogen-bond acceptors (Lipinski definition) is 6. The molecule has 2 aromatic carbocycles. The van der Waals surface area contributed by atoms with E-state index in [0.29, 0.717) is 24.8 Å². The molecule has 8 nitrogen and oxygen atoms in total. The van der Waals surface area contributed by atoms with Gasteiger partial charge in [-0.3, -0.25) is 9.48 Å². The molecule has 0 fully saturated rings. The largest absolute Gasteiger partial charge is 0.489 e. The minimum atomic E-state index is -0.128. The van der Waals surface area contributed by atoms with Crippen LogP contribution >= 0.6 is 0 Å². The molecule has 0 unspecified atom stereocenters. The monoisotopic (exact) mass is 417 g/mol. The summed E-state index contributed by atoms with van der Waals surface area (Å²) in [7, 11) is 1.82. The molecular weight excluding hydrogens is 394 g/mol. The second kappa shape index (κ2) is 9.25. The molecule has 0 saturated carbocycles. The Morgan fingerprint density at radius 2 is 1.94 bits per heavy atom. The quantitative estimate of drug-likeness (QED) is 0.467. The number of nitrogens with zero attached hydrogens (tertiary/aromatic N) is 4. The molecule has 2 heterocycles. The van der Waals surface area contributed by atoms with Crippen LogP contribution in [-0.4, -0.2) is 25.9 Å². The summed E-state index contributed by atoms with van der Waals surface area (Å²) in [5.74, 6) is 1.48. The first-order valence-corrected chi connectivity index (χ1v) is 9.97. The van der Waals surface area contributed by atoms with E-state index in [9.17, 15) is 4.79 Å². The van der Waals surface area contributed by atoms with Crippen molar-refractivity contribution >= 4 is 11.6 Å². The maximum atomic E-state index is 12.4. The highest BCUT2D eigenvalue weighted by Gasteiger charge is 2.14. The van der Waals surface area contributed by atoms with Crippen molar-refractivity contribution in [2.24, 2.45) is 7.05 Å². The topological polar surface area (TPSA) is 95.1 Å². The second-order valence-electron chi connectivity index (χ2n) is 7.15. The Morgan fingerprint density at radius 1 is 1.10 bits per heavy atom. The Balaban J connectivity index is 1.30. The summed E-state index contributed by atoms with van der Waals surface area (Å²) in [6, 6.07) is 19.1. The number of para-hydroxylation sites is 1. The van der Waals surface area contributed by atoms with E-state index in [4.69, 9.17) is 9.15 Å². The van der Waals surface area contributed by atoms with Crippen LogP contribution in [0.1, 0.15) is 23.6 Å². The standard InChI is InChI=1S/C23H23N5O3/c1-16-13-20(28(2)27-16)23-26-25-22(31-23)12-11-21(29)24-18-8-6-7-17(14-18)15-30-19-9-4-3-5-10-19/h3-10,13-14H,11-12,15H2,1-2H3,(H,24,29). The third kappa shape index (κ3) is 5.36. The van der Waals surface area contributed by atoms with Crippen molar-refractivity contribution < 1.29 is 13.9 Å². The molecule has 0 bridgehead atoms. The van der Waals surface area contributed by atoms with Crippen molar-refractivity contribution in [3.05, 3.63) is 77.8 Å². The smallest absolute Gasteiger partial charge is 0.265 e. The maximum Gasteiger partial charge on any atom is 0.265 e. The number of ether oxygens (including phenoxy) is 1. The fourth-order valence-corrected chi connectivity index (χ4v) is 3.14. The molecule has 4 rings (SSSR count). The van der Waals surface area contributed by atoms with Crippen molar-refractivity contribution in [2.75, 3.05) is 5.32 Å². The average Bonchev–Trinajstić information content (AvgIpc) is 3.37. The van der Waals surface area contributed by atoms with E-state index in [1.807, 2.05) is 74.6 Å². The van der Waals surface area contributed by atoms with Gasteiger partial charge in [-0.25, -0.2) is 0 Å². The zero-order chi connectivity index (χ0) is 21.6. The van der Waals surface area contributed by atoms with Gasteiger partial charge < -0.3 is 14.5 Å². The summed E-state index contributed by atoms with van der Waals surface area (Å²) >= 11 is 0. The van der Waals surface area contributed by atoms with Gasteiger partial charge in [0.2, 0.25) is 11.8 Å². The van der Waals surface area contributed by atoms with E-state index in [-0.39, 0.29) is 12.3 Å². The first-order valence-electron chi connectivity index (χ1n) is 9.97. The molecule has 8 heteroatoms. The number of rotatable bonds is 8. The first-order chi connectivity index (χ1) is 15.1. The van der Waals surface area contributed by atoms with Gasteiger partial charge in [0.25, 0.3) is 5.89 Å². The van der Waals surface area contributed by atoms with Crippen molar-refractivity contribution in [3.8, 4) is 17.3 Å². The Labute approximate surface area is 179 Å². The van der Waals surface area contributed by atoms with E-state index >= 15 is 0 Å².